The Morgan fingerprint density at radius 1 is 0.926 bits per heavy atom. The number of carbonyl (C=O) groups excluding carboxylic acids is 1. The van der Waals surface area contributed by atoms with Gasteiger partial charge in [0.2, 0.25) is 15.9 Å². The Bertz CT molecular complexity index is 883. The van der Waals surface area contributed by atoms with Crippen molar-refractivity contribution in [2.24, 2.45) is 5.73 Å². The Hall–Kier alpha value is -2.22. The fraction of sp³-hybridized carbons (Fsp3) is 0.350. The largest absolute Gasteiger partial charge is 0.339 e. The van der Waals surface area contributed by atoms with E-state index in [2.05, 4.69) is 0 Å². The number of amides is 1. The molecular weight excluding hydrogens is 362 g/mol. The van der Waals surface area contributed by atoms with Crippen LogP contribution in [0.2, 0.25) is 0 Å². The molecule has 0 saturated carbocycles. The molecule has 1 unspecified atom stereocenters. The topological polar surface area (TPSA) is 83.7 Å². The lowest BCUT2D eigenvalue weighted by Crippen LogP contribution is -2.51. The Morgan fingerprint density at radius 2 is 1.52 bits per heavy atom. The highest BCUT2D eigenvalue weighted by atomic mass is 32.2. The highest BCUT2D eigenvalue weighted by Crippen LogP contribution is 2.23. The zero-order valence-electron chi connectivity index (χ0n) is 15.4. The van der Waals surface area contributed by atoms with Gasteiger partial charge in [-0.3, -0.25) is 4.79 Å². The van der Waals surface area contributed by atoms with Crippen LogP contribution in [0.4, 0.5) is 0 Å². The first kappa shape index (κ1) is 19.5. The summed E-state index contributed by atoms with van der Waals surface area (Å²) >= 11 is 0. The fourth-order valence-electron chi connectivity index (χ4n) is 3.32. The molecule has 1 amide bonds. The summed E-state index contributed by atoms with van der Waals surface area (Å²) in [5.74, 6) is -0.187. The van der Waals surface area contributed by atoms with Gasteiger partial charge in [0, 0.05) is 26.2 Å². The summed E-state index contributed by atoms with van der Waals surface area (Å²) in [7, 11) is -3.56. The molecule has 2 aromatic carbocycles. The van der Waals surface area contributed by atoms with Gasteiger partial charge in [-0.15, -0.1) is 0 Å². The van der Waals surface area contributed by atoms with Crippen LogP contribution in [0.1, 0.15) is 18.9 Å². The van der Waals surface area contributed by atoms with Crippen LogP contribution in [0.3, 0.4) is 0 Å². The highest BCUT2D eigenvalue weighted by molar-refractivity contribution is 7.89. The summed E-state index contributed by atoms with van der Waals surface area (Å²) in [6.07, 6.45) is 0.572. The van der Waals surface area contributed by atoms with E-state index in [9.17, 15) is 13.2 Å². The summed E-state index contributed by atoms with van der Waals surface area (Å²) in [5.41, 5.74) is 5.95. The Labute approximate surface area is 160 Å². The SMILES string of the molecule is CC(N)(C(=O)N1CCCN(S(=O)(=O)c2ccccc2)CC1)c1ccccc1. The first-order chi connectivity index (χ1) is 12.8. The average molecular weight is 388 g/mol. The molecule has 6 nitrogen and oxygen atoms in total. The molecule has 1 atom stereocenters. The molecule has 0 bridgehead atoms. The normalized spacial score (nSPS) is 18.5. The van der Waals surface area contributed by atoms with Crippen molar-refractivity contribution in [2.75, 3.05) is 26.2 Å². The minimum Gasteiger partial charge on any atom is -0.339 e. The lowest BCUT2D eigenvalue weighted by atomic mass is 9.91. The van der Waals surface area contributed by atoms with Crippen LogP contribution in [0, 0.1) is 0 Å². The highest BCUT2D eigenvalue weighted by Gasteiger charge is 2.36. The summed E-state index contributed by atoms with van der Waals surface area (Å²) in [6.45, 7) is 3.15. The van der Waals surface area contributed by atoms with Gasteiger partial charge < -0.3 is 10.6 Å². The van der Waals surface area contributed by atoms with Crippen molar-refractivity contribution in [3.05, 3.63) is 66.2 Å². The van der Waals surface area contributed by atoms with Gasteiger partial charge >= 0.3 is 0 Å². The van der Waals surface area contributed by atoms with Crippen molar-refractivity contribution in [2.45, 2.75) is 23.8 Å². The van der Waals surface area contributed by atoms with E-state index in [1.165, 1.54) is 4.31 Å². The molecule has 0 aliphatic carbocycles. The number of nitrogens with two attached hydrogens (primary N) is 1. The van der Waals surface area contributed by atoms with Crippen molar-refractivity contribution < 1.29 is 13.2 Å². The van der Waals surface area contributed by atoms with E-state index in [0.717, 1.165) is 5.56 Å². The molecular formula is C20H25N3O3S. The maximum absolute atomic E-state index is 13.0. The minimum absolute atomic E-state index is 0.187. The lowest BCUT2D eigenvalue weighted by Gasteiger charge is -2.31. The van der Waals surface area contributed by atoms with E-state index in [1.807, 2.05) is 30.3 Å². The maximum atomic E-state index is 13.0. The Kier molecular flexibility index (Phi) is 5.64. The number of rotatable bonds is 4. The lowest BCUT2D eigenvalue weighted by molar-refractivity contribution is -0.136. The molecule has 0 spiro atoms. The molecule has 144 valence electrons. The van der Waals surface area contributed by atoms with Crippen molar-refractivity contribution in [3.63, 3.8) is 0 Å². The quantitative estimate of drug-likeness (QED) is 0.867. The maximum Gasteiger partial charge on any atom is 0.247 e. The van der Waals surface area contributed by atoms with Crippen molar-refractivity contribution in [3.8, 4) is 0 Å². The second-order valence-corrected chi connectivity index (χ2v) is 8.87. The number of hydrogen-bond acceptors (Lipinski definition) is 4. The van der Waals surface area contributed by atoms with Crippen molar-refractivity contribution in [1.82, 2.24) is 9.21 Å². The van der Waals surface area contributed by atoms with E-state index in [0.29, 0.717) is 26.1 Å². The molecule has 1 heterocycles. The Balaban J connectivity index is 1.74. The van der Waals surface area contributed by atoms with Crippen LogP contribution in [0.25, 0.3) is 0 Å². The van der Waals surface area contributed by atoms with Crippen LogP contribution in [-0.4, -0.2) is 49.7 Å². The summed E-state index contributed by atoms with van der Waals surface area (Å²) in [5, 5.41) is 0. The van der Waals surface area contributed by atoms with Gasteiger partial charge in [-0.05, 0) is 31.0 Å². The number of sulfonamides is 1. The number of benzene rings is 2. The van der Waals surface area contributed by atoms with Gasteiger partial charge in [-0.2, -0.15) is 4.31 Å². The zero-order chi connectivity index (χ0) is 19.5. The van der Waals surface area contributed by atoms with Gasteiger partial charge in [0.1, 0.15) is 5.54 Å². The van der Waals surface area contributed by atoms with Crippen molar-refractivity contribution >= 4 is 15.9 Å². The number of hydrogen-bond donors (Lipinski definition) is 1. The predicted octanol–water partition coefficient (Wildman–Crippen LogP) is 1.78. The van der Waals surface area contributed by atoms with E-state index in [1.54, 1.807) is 42.2 Å². The fourth-order valence-corrected chi connectivity index (χ4v) is 4.81. The molecule has 1 saturated heterocycles. The van der Waals surface area contributed by atoms with Gasteiger partial charge in [-0.25, -0.2) is 8.42 Å². The molecule has 3 rings (SSSR count). The predicted molar refractivity (Wildman–Crippen MR) is 104 cm³/mol. The van der Waals surface area contributed by atoms with Crippen LogP contribution in [-0.2, 0) is 20.4 Å². The zero-order valence-corrected chi connectivity index (χ0v) is 16.2. The molecule has 2 aromatic rings. The van der Waals surface area contributed by atoms with Crippen molar-refractivity contribution in [1.29, 1.82) is 0 Å². The van der Waals surface area contributed by atoms with Gasteiger partial charge in [0.15, 0.2) is 0 Å². The first-order valence-electron chi connectivity index (χ1n) is 9.02. The third-order valence-electron chi connectivity index (χ3n) is 4.94. The number of carbonyl (C=O) groups is 1. The van der Waals surface area contributed by atoms with E-state index < -0.39 is 15.6 Å². The summed E-state index contributed by atoms with van der Waals surface area (Å²) in [6, 6.07) is 17.6. The molecule has 1 aliphatic heterocycles. The minimum atomic E-state index is -3.56. The standard InChI is InChI=1S/C20H25N3O3S/c1-20(21,17-9-4-2-5-10-17)19(24)22-13-8-14-23(16-15-22)27(25,26)18-11-6-3-7-12-18/h2-7,9-12H,8,13-16,21H2,1H3. The average Bonchev–Trinajstić information content (AvgIpc) is 2.95. The van der Waals surface area contributed by atoms with Gasteiger partial charge in [-0.1, -0.05) is 48.5 Å². The molecule has 0 aromatic heterocycles. The van der Waals surface area contributed by atoms with Crippen LogP contribution >= 0.6 is 0 Å². The summed E-state index contributed by atoms with van der Waals surface area (Å²) in [4.78, 5) is 15.0. The smallest absolute Gasteiger partial charge is 0.247 e. The Morgan fingerprint density at radius 3 is 2.15 bits per heavy atom. The van der Waals surface area contributed by atoms with Gasteiger partial charge in [0.05, 0.1) is 4.90 Å². The van der Waals surface area contributed by atoms with Crippen LogP contribution < -0.4 is 5.73 Å². The van der Waals surface area contributed by atoms with E-state index in [4.69, 9.17) is 5.73 Å². The van der Waals surface area contributed by atoms with Crippen LogP contribution in [0.5, 0.6) is 0 Å². The van der Waals surface area contributed by atoms with Gasteiger partial charge in [0.25, 0.3) is 0 Å². The second-order valence-electron chi connectivity index (χ2n) is 6.93. The molecule has 0 radical (unpaired) electrons. The third kappa shape index (κ3) is 4.05. The second kappa shape index (κ2) is 7.80. The number of nitrogens with zero attached hydrogens (tertiary/aromatic N) is 2. The third-order valence-corrected chi connectivity index (χ3v) is 6.85. The molecule has 2 N–H and O–H groups in total. The monoisotopic (exact) mass is 387 g/mol. The molecule has 27 heavy (non-hydrogen) atoms. The first-order valence-corrected chi connectivity index (χ1v) is 10.5. The van der Waals surface area contributed by atoms with Crippen LogP contribution in [0.15, 0.2) is 65.6 Å². The molecule has 1 fully saturated rings. The van der Waals surface area contributed by atoms with E-state index in [-0.39, 0.29) is 17.3 Å². The summed E-state index contributed by atoms with van der Waals surface area (Å²) < 4.78 is 27.1. The van der Waals surface area contributed by atoms with E-state index >= 15 is 0 Å². The molecule has 1 aliphatic rings. The molecule has 7 heteroatoms.